The molecule has 6 nitrogen and oxygen atoms in total. The minimum Gasteiger partial charge on any atom is -0.474 e. The predicted octanol–water partition coefficient (Wildman–Crippen LogP) is 5.14. The lowest BCUT2D eigenvalue weighted by Gasteiger charge is -2.28. The van der Waals surface area contributed by atoms with E-state index in [1.54, 1.807) is 25.4 Å². The highest BCUT2D eigenvalue weighted by atomic mass is 19.4. The van der Waals surface area contributed by atoms with Crippen LogP contribution in [0.2, 0.25) is 0 Å². The highest BCUT2D eigenvalue weighted by molar-refractivity contribution is 5.62. The zero-order valence-corrected chi connectivity index (χ0v) is 17.0. The van der Waals surface area contributed by atoms with Crippen LogP contribution in [0.25, 0.3) is 22.6 Å². The monoisotopic (exact) mass is 432 g/mol. The summed E-state index contributed by atoms with van der Waals surface area (Å²) in [6.45, 7) is 0.800. The number of hydrogen-bond acceptors (Lipinski definition) is 5. The van der Waals surface area contributed by atoms with E-state index >= 15 is 0 Å². The summed E-state index contributed by atoms with van der Waals surface area (Å²) in [7, 11) is 1.73. The van der Waals surface area contributed by atoms with E-state index in [9.17, 15) is 13.2 Å². The highest BCUT2D eigenvalue weighted by Gasteiger charge is 2.33. The van der Waals surface area contributed by atoms with Gasteiger partial charge in [0.2, 0.25) is 5.88 Å². The molecule has 4 rings (SSSR count). The van der Waals surface area contributed by atoms with Crippen LogP contribution in [0.15, 0.2) is 42.9 Å². The first-order valence-corrected chi connectivity index (χ1v) is 10.1. The SMILES string of the molecule is COC[C@H]1CC[C@@H](Oc2ccc(-c3ccc(-c4nc(C(F)(F)F)c[nH]4)cn3)cn2)CC1. The number of methoxy groups -OCH3 is 1. The van der Waals surface area contributed by atoms with Gasteiger partial charge in [-0.15, -0.1) is 0 Å². The van der Waals surface area contributed by atoms with Crippen LogP contribution >= 0.6 is 0 Å². The van der Waals surface area contributed by atoms with E-state index in [1.165, 1.54) is 6.20 Å². The third-order valence-electron chi connectivity index (χ3n) is 5.42. The maximum absolute atomic E-state index is 12.7. The summed E-state index contributed by atoms with van der Waals surface area (Å²) in [6.07, 6.45) is 3.85. The number of nitrogens with zero attached hydrogens (tertiary/aromatic N) is 3. The lowest BCUT2D eigenvalue weighted by Crippen LogP contribution is -2.26. The third-order valence-corrected chi connectivity index (χ3v) is 5.42. The minimum absolute atomic E-state index is 0.119. The molecule has 0 bridgehead atoms. The molecule has 1 saturated carbocycles. The number of imidazole rings is 1. The number of aromatic amines is 1. The molecule has 9 heteroatoms. The molecule has 1 N–H and O–H groups in total. The summed E-state index contributed by atoms with van der Waals surface area (Å²) >= 11 is 0. The average Bonchev–Trinajstić information content (AvgIpc) is 3.27. The lowest BCUT2D eigenvalue weighted by molar-refractivity contribution is -0.140. The smallest absolute Gasteiger partial charge is 0.434 e. The van der Waals surface area contributed by atoms with E-state index in [2.05, 4.69) is 19.9 Å². The van der Waals surface area contributed by atoms with Gasteiger partial charge in [-0.3, -0.25) is 4.98 Å². The minimum atomic E-state index is -4.49. The van der Waals surface area contributed by atoms with Gasteiger partial charge in [-0.1, -0.05) is 0 Å². The van der Waals surface area contributed by atoms with Gasteiger partial charge >= 0.3 is 6.18 Å². The topological polar surface area (TPSA) is 72.9 Å². The molecule has 0 spiro atoms. The molecule has 1 aliphatic rings. The number of H-pyrrole nitrogens is 1. The van der Waals surface area contributed by atoms with Gasteiger partial charge in [-0.2, -0.15) is 13.2 Å². The Morgan fingerprint density at radius 1 is 1.00 bits per heavy atom. The Morgan fingerprint density at radius 2 is 1.74 bits per heavy atom. The summed E-state index contributed by atoms with van der Waals surface area (Å²) in [4.78, 5) is 14.8. The molecular weight excluding hydrogens is 409 g/mol. The fraction of sp³-hybridized carbons (Fsp3) is 0.409. The van der Waals surface area contributed by atoms with Crippen molar-refractivity contribution in [1.29, 1.82) is 0 Å². The fourth-order valence-corrected chi connectivity index (χ4v) is 3.74. The second kappa shape index (κ2) is 9.05. The van der Waals surface area contributed by atoms with Crippen LogP contribution in [-0.2, 0) is 10.9 Å². The van der Waals surface area contributed by atoms with Crippen molar-refractivity contribution in [2.24, 2.45) is 5.92 Å². The van der Waals surface area contributed by atoms with Crippen molar-refractivity contribution in [3.05, 3.63) is 48.5 Å². The number of nitrogens with one attached hydrogen (secondary N) is 1. The molecule has 3 aromatic rings. The maximum atomic E-state index is 12.7. The number of pyridine rings is 2. The van der Waals surface area contributed by atoms with Crippen molar-refractivity contribution < 1.29 is 22.6 Å². The Bertz CT molecular complexity index is 979. The molecule has 164 valence electrons. The quantitative estimate of drug-likeness (QED) is 0.584. The number of alkyl halides is 3. The standard InChI is InChI=1S/C22H23F3N4O2/c1-30-13-14-2-6-17(7-3-14)31-20-9-5-15(10-27-20)18-8-4-16(11-26-18)21-28-12-19(29-21)22(23,24)25/h4-5,8-12,14,17H,2-3,6-7,13H2,1H3,(H,28,29)/t14-,17+. The number of rotatable bonds is 6. The van der Waals surface area contributed by atoms with Crippen molar-refractivity contribution >= 4 is 0 Å². The molecule has 3 heterocycles. The first kappa shape index (κ1) is 21.3. The van der Waals surface area contributed by atoms with Crippen LogP contribution < -0.4 is 4.74 Å². The van der Waals surface area contributed by atoms with Gasteiger partial charge in [-0.05, 0) is 49.8 Å². The van der Waals surface area contributed by atoms with E-state index in [0.717, 1.165) is 44.1 Å². The highest BCUT2D eigenvalue weighted by Crippen LogP contribution is 2.30. The van der Waals surface area contributed by atoms with Crippen molar-refractivity contribution in [1.82, 2.24) is 19.9 Å². The second-order valence-corrected chi connectivity index (χ2v) is 7.67. The first-order chi connectivity index (χ1) is 14.9. The van der Waals surface area contributed by atoms with E-state index in [-0.39, 0.29) is 11.9 Å². The number of aromatic nitrogens is 4. The summed E-state index contributed by atoms with van der Waals surface area (Å²) in [5, 5.41) is 0. The Hall–Kier alpha value is -2.94. The van der Waals surface area contributed by atoms with Gasteiger partial charge in [0.15, 0.2) is 5.69 Å². The Balaban J connectivity index is 1.37. The molecular formula is C22H23F3N4O2. The van der Waals surface area contributed by atoms with Gasteiger partial charge in [0, 0.05) is 49.5 Å². The molecule has 0 aromatic carbocycles. The predicted molar refractivity (Wildman–Crippen MR) is 108 cm³/mol. The van der Waals surface area contributed by atoms with Crippen LogP contribution in [0.1, 0.15) is 31.4 Å². The summed E-state index contributed by atoms with van der Waals surface area (Å²) in [6, 6.07) is 7.08. The Kier molecular flexibility index (Phi) is 6.22. The van der Waals surface area contributed by atoms with Crippen LogP contribution in [0.3, 0.4) is 0 Å². The first-order valence-electron chi connectivity index (χ1n) is 10.1. The molecule has 0 amide bonds. The van der Waals surface area contributed by atoms with Crippen LogP contribution in [0.5, 0.6) is 5.88 Å². The van der Waals surface area contributed by atoms with E-state index in [0.29, 0.717) is 23.1 Å². The normalized spacial score (nSPS) is 19.4. The lowest BCUT2D eigenvalue weighted by atomic mass is 9.88. The largest absolute Gasteiger partial charge is 0.474 e. The van der Waals surface area contributed by atoms with Gasteiger partial charge < -0.3 is 14.5 Å². The number of halogens is 3. The molecule has 0 saturated heterocycles. The van der Waals surface area contributed by atoms with Gasteiger partial charge in [0.1, 0.15) is 11.9 Å². The third kappa shape index (κ3) is 5.22. The van der Waals surface area contributed by atoms with Gasteiger partial charge in [-0.25, -0.2) is 9.97 Å². The molecule has 0 atom stereocenters. The van der Waals surface area contributed by atoms with Crippen molar-refractivity contribution in [2.75, 3.05) is 13.7 Å². The van der Waals surface area contributed by atoms with E-state index in [4.69, 9.17) is 9.47 Å². The molecule has 31 heavy (non-hydrogen) atoms. The maximum Gasteiger partial charge on any atom is 0.434 e. The number of hydrogen-bond donors (Lipinski definition) is 1. The molecule has 0 unspecified atom stereocenters. The van der Waals surface area contributed by atoms with E-state index in [1.807, 2.05) is 12.1 Å². The molecule has 3 aromatic heterocycles. The Morgan fingerprint density at radius 3 is 2.32 bits per heavy atom. The van der Waals surface area contributed by atoms with Crippen molar-refractivity contribution in [2.45, 2.75) is 38.0 Å². The molecule has 0 aliphatic heterocycles. The van der Waals surface area contributed by atoms with Crippen LogP contribution in [0.4, 0.5) is 13.2 Å². The molecule has 1 aliphatic carbocycles. The summed E-state index contributed by atoms with van der Waals surface area (Å²) in [5.41, 5.74) is 0.957. The average molecular weight is 432 g/mol. The fourth-order valence-electron chi connectivity index (χ4n) is 3.74. The zero-order valence-electron chi connectivity index (χ0n) is 17.0. The molecule has 1 fully saturated rings. The Labute approximate surface area is 177 Å². The second-order valence-electron chi connectivity index (χ2n) is 7.67. The van der Waals surface area contributed by atoms with Crippen molar-refractivity contribution in [3.63, 3.8) is 0 Å². The van der Waals surface area contributed by atoms with Crippen LogP contribution in [0, 0.1) is 5.92 Å². The van der Waals surface area contributed by atoms with Gasteiger partial charge in [0.25, 0.3) is 0 Å². The van der Waals surface area contributed by atoms with Crippen LogP contribution in [-0.4, -0.2) is 39.8 Å². The zero-order chi connectivity index (χ0) is 21.8. The van der Waals surface area contributed by atoms with Crippen molar-refractivity contribution in [3.8, 4) is 28.5 Å². The summed E-state index contributed by atoms with van der Waals surface area (Å²) in [5.74, 6) is 1.30. The molecule has 0 radical (unpaired) electrons. The number of ether oxygens (including phenoxy) is 2. The van der Waals surface area contributed by atoms with E-state index < -0.39 is 11.9 Å². The summed E-state index contributed by atoms with van der Waals surface area (Å²) < 4.78 is 49.4. The van der Waals surface area contributed by atoms with Gasteiger partial charge in [0.05, 0.1) is 5.69 Å².